The second-order valence-electron chi connectivity index (χ2n) is 6.51. The fourth-order valence-electron chi connectivity index (χ4n) is 4.73. The van der Waals surface area contributed by atoms with Crippen LogP contribution in [0.15, 0.2) is 0 Å². The van der Waals surface area contributed by atoms with E-state index in [1.54, 1.807) is 13.8 Å². The summed E-state index contributed by atoms with van der Waals surface area (Å²) in [6, 6.07) is 0. The zero-order valence-electron chi connectivity index (χ0n) is 11.3. The molecule has 0 bridgehead atoms. The molecule has 2 rings (SSSR count). The third-order valence-corrected chi connectivity index (χ3v) is 6.21. The molecule has 18 heavy (non-hydrogen) atoms. The van der Waals surface area contributed by atoms with Gasteiger partial charge in [-0.15, -0.1) is 0 Å². The number of aliphatic carboxylic acids is 2. The highest BCUT2D eigenvalue weighted by Gasteiger charge is 2.79. The molecule has 4 unspecified atom stereocenters. The fourth-order valence-corrected chi connectivity index (χ4v) is 4.73. The Hall–Kier alpha value is -1.06. The number of carboxylic acid groups (broad SMARTS) is 2. The molecule has 0 heterocycles. The molecule has 0 aromatic heterocycles. The van der Waals surface area contributed by atoms with Gasteiger partial charge in [0.15, 0.2) is 0 Å². The molecule has 2 N–H and O–H groups in total. The smallest absolute Gasteiger partial charge is 0.311 e. The van der Waals surface area contributed by atoms with Crippen LogP contribution in [0.1, 0.15) is 52.9 Å². The van der Waals surface area contributed by atoms with Crippen molar-refractivity contribution in [3.05, 3.63) is 0 Å². The van der Waals surface area contributed by atoms with E-state index in [9.17, 15) is 19.8 Å². The fraction of sp³-hybridized carbons (Fsp3) is 0.857. The minimum atomic E-state index is -1.17. The molecule has 2 fully saturated rings. The molecule has 0 aromatic rings. The summed E-state index contributed by atoms with van der Waals surface area (Å²) in [6.07, 6.45) is 4.76. The summed E-state index contributed by atoms with van der Waals surface area (Å²) < 4.78 is 0. The van der Waals surface area contributed by atoms with Gasteiger partial charge in [-0.2, -0.15) is 0 Å². The molecule has 102 valence electrons. The maximum atomic E-state index is 11.7. The number of fused-ring (bicyclic) bond motifs is 1. The van der Waals surface area contributed by atoms with Gasteiger partial charge in [-0.05, 0) is 38.0 Å². The molecular formula is C14H22O4. The van der Waals surface area contributed by atoms with Crippen LogP contribution in [0, 0.1) is 22.2 Å². The highest BCUT2D eigenvalue weighted by atomic mass is 16.4. The van der Waals surface area contributed by atoms with Gasteiger partial charge in [0, 0.05) is 0 Å². The van der Waals surface area contributed by atoms with E-state index >= 15 is 0 Å². The average molecular weight is 254 g/mol. The first-order valence-electron chi connectivity index (χ1n) is 6.69. The number of carboxylic acids is 2. The van der Waals surface area contributed by atoms with Crippen molar-refractivity contribution in [3.8, 4) is 0 Å². The van der Waals surface area contributed by atoms with Crippen molar-refractivity contribution in [2.75, 3.05) is 0 Å². The predicted octanol–water partition coefficient (Wildman–Crippen LogP) is 2.77. The Balaban J connectivity index is 2.54. The lowest BCUT2D eigenvalue weighted by molar-refractivity contribution is -0.260. The molecule has 0 saturated heterocycles. The van der Waals surface area contributed by atoms with Crippen molar-refractivity contribution in [2.45, 2.75) is 52.9 Å². The molecule has 0 amide bonds. The zero-order valence-corrected chi connectivity index (χ0v) is 11.3. The monoisotopic (exact) mass is 254 g/mol. The molecule has 4 heteroatoms. The Kier molecular flexibility index (Phi) is 2.76. The van der Waals surface area contributed by atoms with Crippen molar-refractivity contribution in [1.29, 1.82) is 0 Å². The Morgan fingerprint density at radius 1 is 1.00 bits per heavy atom. The minimum absolute atomic E-state index is 0.0221. The van der Waals surface area contributed by atoms with Crippen LogP contribution in [0.4, 0.5) is 0 Å². The molecule has 4 nitrogen and oxygen atoms in total. The zero-order chi connectivity index (χ0) is 13.8. The van der Waals surface area contributed by atoms with E-state index in [2.05, 4.69) is 0 Å². The van der Waals surface area contributed by atoms with Crippen molar-refractivity contribution < 1.29 is 19.8 Å². The van der Waals surface area contributed by atoms with Crippen LogP contribution in [-0.2, 0) is 9.59 Å². The largest absolute Gasteiger partial charge is 0.481 e. The van der Waals surface area contributed by atoms with Gasteiger partial charge in [0.1, 0.15) is 0 Å². The quantitative estimate of drug-likeness (QED) is 0.794. The van der Waals surface area contributed by atoms with Gasteiger partial charge in [-0.1, -0.05) is 26.2 Å². The minimum Gasteiger partial charge on any atom is -0.481 e. The molecule has 0 spiro atoms. The Bertz CT molecular complexity index is 405. The van der Waals surface area contributed by atoms with Crippen LogP contribution in [0.5, 0.6) is 0 Å². The van der Waals surface area contributed by atoms with Crippen LogP contribution in [0.3, 0.4) is 0 Å². The van der Waals surface area contributed by atoms with Crippen LogP contribution in [0.2, 0.25) is 0 Å². The van der Waals surface area contributed by atoms with E-state index in [1.165, 1.54) is 0 Å². The lowest BCUT2D eigenvalue weighted by Crippen LogP contribution is -2.74. The van der Waals surface area contributed by atoms with Crippen LogP contribution in [0.25, 0.3) is 0 Å². The molecule has 0 aromatic carbocycles. The number of hydrogen-bond acceptors (Lipinski definition) is 2. The third kappa shape index (κ3) is 1.16. The molecular weight excluding hydrogens is 232 g/mol. The van der Waals surface area contributed by atoms with Crippen LogP contribution < -0.4 is 0 Å². The van der Waals surface area contributed by atoms with Gasteiger partial charge >= 0.3 is 11.9 Å². The summed E-state index contributed by atoms with van der Waals surface area (Å²) >= 11 is 0. The van der Waals surface area contributed by atoms with E-state index in [0.29, 0.717) is 0 Å². The van der Waals surface area contributed by atoms with E-state index in [0.717, 1.165) is 32.1 Å². The van der Waals surface area contributed by atoms with Gasteiger partial charge < -0.3 is 10.2 Å². The Morgan fingerprint density at radius 2 is 1.61 bits per heavy atom. The summed E-state index contributed by atoms with van der Waals surface area (Å²) in [7, 11) is 0. The molecule has 2 saturated carbocycles. The van der Waals surface area contributed by atoms with Gasteiger partial charge in [-0.25, -0.2) is 0 Å². The molecule has 2 aliphatic carbocycles. The summed E-state index contributed by atoms with van der Waals surface area (Å²) in [5, 5.41) is 19.2. The number of hydrogen-bond donors (Lipinski definition) is 2. The van der Waals surface area contributed by atoms with Crippen LogP contribution >= 0.6 is 0 Å². The summed E-state index contributed by atoms with van der Waals surface area (Å²) in [5.41, 5.74) is -2.69. The van der Waals surface area contributed by atoms with E-state index < -0.39 is 22.8 Å². The van der Waals surface area contributed by atoms with E-state index in [4.69, 9.17) is 0 Å². The second-order valence-corrected chi connectivity index (χ2v) is 6.51. The average Bonchev–Trinajstić information content (AvgIpc) is 2.48. The summed E-state index contributed by atoms with van der Waals surface area (Å²) in [5.74, 6) is -1.95. The predicted molar refractivity (Wildman–Crippen MR) is 66.2 cm³/mol. The molecule has 0 aliphatic heterocycles. The lowest BCUT2D eigenvalue weighted by atomic mass is 9.31. The van der Waals surface area contributed by atoms with Crippen molar-refractivity contribution in [2.24, 2.45) is 22.2 Å². The normalized spacial score (nSPS) is 47.6. The SMILES string of the molecule is CC12CCCCCC1C(C)(C(=O)O)C2(C)C(=O)O. The first-order chi connectivity index (χ1) is 8.23. The van der Waals surface area contributed by atoms with E-state index in [1.807, 2.05) is 6.92 Å². The highest BCUT2D eigenvalue weighted by Crippen LogP contribution is 2.75. The standard InChI is InChI=1S/C14H22O4/c1-12-8-6-4-5-7-9(12)13(2,10(15)16)14(12,3)11(17)18/h9H,4-8H2,1-3H3,(H,15,16)(H,17,18). The first kappa shape index (κ1) is 13.4. The van der Waals surface area contributed by atoms with Gasteiger partial charge in [0.2, 0.25) is 0 Å². The van der Waals surface area contributed by atoms with Gasteiger partial charge in [-0.3, -0.25) is 9.59 Å². The Labute approximate surface area is 107 Å². The summed E-state index contributed by atoms with van der Waals surface area (Å²) in [4.78, 5) is 23.4. The maximum Gasteiger partial charge on any atom is 0.311 e. The van der Waals surface area contributed by atoms with Crippen molar-refractivity contribution in [1.82, 2.24) is 0 Å². The maximum absolute atomic E-state index is 11.7. The van der Waals surface area contributed by atoms with Gasteiger partial charge in [0.05, 0.1) is 10.8 Å². The topological polar surface area (TPSA) is 74.6 Å². The first-order valence-corrected chi connectivity index (χ1v) is 6.69. The van der Waals surface area contributed by atoms with Crippen molar-refractivity contribution >= 4 is 11.9 Å². The second kappa shape index (κ2) is 3.72. The third-order valence-electron chi connectivity index (χ3n) is 6.21. The Morgan fingerprint density at radius 3 is 2.11 bits per heavy atom. The van der Waals surface area contributed by atoms with Crippen molar-refractivity contribution in [3.63, 3.8) is 0 Å². The summed E-state index contributed by atoms with van der Waals surface area (Å²) in [6.45, 7) is 5.23. The molecule has 0 radical (unpaired) electrons. The highest BCUT2D eigenvalue weighted by molar-refractivity contribution is 5.90. The van der Waals surface area contributed by atoms with Crippen LogP contribution in [-0.4, -0.2) is 22.2 Å². The van der Waals surface area contributed by atoms with Gasteiger partial charge in [0.25, 0.3) is 0 Å². The lowest BCUT2D eigenvalue weighted by Gasteiger charge is -2.69. The number of rotatable bonds is 2. The molecule has 4 atom stereocenters. The molecule has 2 aliphatic rings. The number of carbonyl (C=O) groups is 2. The van der Waals surface area contributed by atoms with E-state index in [-0.39, 0.29) is 11.3 Å².